The summed E-state index contributed by atoms with van der Waals surface area (Å²) in [5, 5.41) is 11.8. The Morgan fingerprint density at radius 1 is 1.29 bits per heavy atom. The van der Waals surface area contributed by atoms with Crippen LogP contribution in [0.3, 0.4) is 0 Å². The number of rotatable bonds is 3. The van der Waals surface area contributed by atoms with Crippen molar-refractivity contribution in [2.75, 3.05) is 5.32 Å². The molecular formula is C19H16N4O. The molecule has 1 aliphatic rings. The summed E-state index contributed by atoms with van der Waals surface area (Å²) in [4.78, 5) is 17.1. The molecule has 0 bridgehead atoms. The topological polar surface area (TPSA) is 70.7 Å². The predicted octanol–water partition coefficient (Wildman–Crippen LogP) is 3.57. The molecule has 4 rings (SSSR count). The number of hydrogen-bond acceptors (Lipinski definition) is 3. The van der Waals surface area contributed by atoms with Gasteiger partial charge in [0.25, 0.3) is 5.91 Å². The molecule has 118 valence electrons. The second-order valence-electron chi connectivity index (χ2n) is 6.15. The van der Waals surface area contributed by atoms with Crippen LogP contribution >= 0.6 is 0 Å². The summed E-state index contributed by atoms with van der Waals surface area (Å²) < 4.78 is 2.13. The van der Waals surface area contributed by atoms with Crippen LogP contribution < -0.4 is 5.32 Å². The number of aromatic nitrogens is 2. The van der Waals surface area contributed by atoms with E-state index in [1.54, 1.807) is 24.3 Å². The summed E-state index contributed by atoms with van der Waals surface area (Å²) >= 11 is 0. The molecule has 0 atom stereocenters. The van der Waals surface area contributed by atoms with Gasteiger partial charge in [-0.15, -0.1) is 0 Å². The van der Waals surface area contributed by atoms with E-state index in [1.165, 1.54) is 12.8 Å². The summed E-state index contributed by atoms with van der Waals surface area (Å²) in [7, 11) is 2.04. The maximum absolute atomic E-state index is 12.4. The van der Waals surface area contributed by atoms with Crippen molar-refractivity contribution in [2.24, 2.45) is 7.05 Å². The highest BCUT2D eigenvalue weighted by atomic mass is 16.1. The highest BCUT2D eigenvalue weighted by Crippen LogP contribution is 2.40. The van der Waals surface area contributed by atoms with Gasteiger partial charge in [0.2, 0.25) is 0 Å². The third-order valence-corrected chi connectivity index (χ3v) is 4.37. The van der Waals surface area contributed by atoms with Crippen molar-refractivity contribution in [3.8, 4) is 6.07 Å². The van der Waals surface area contributed by atoms with Crippen LogP contribution in [0.15, 0.2) is 42.5 Å². The van der Waals surface area contributed by atoms with Crippen LogP contribution in [0.1, 0.15) is 40.5 Å². The molecule has 0 aliphatic heterocycles. The highest BCUT2D eigenvalue weighted by molar-refractivity contribution is 6.05. The van der Waals surface area contributed by atoms with Crippen molar-refractivity contribution in [3.05, 3.63) is 59.4 Å². The first-order valence-corrected chi connectivity index (χ1v) is 7.93. The van der Waals surface area contributed by atoms with Gasteiger partial charge in [-0.25, -0.2) is 4.98 Å². The monoisotopic (exact) mass is 316 g/mol. The van der Waals surface area contributed by atoms with E-state index in [2.05, 4.69) is 9.88 Å². The van der Waals surface area contributed by atoms with Crippen molar-refractivity contribution in [2.45, 2.75) is 18.8 Å². The third kappa shape index (κ3) is 2.52. The Morgan fingerprint density at radius 2 is 2.12 bits per heavy atom. The Hall–Kier alpha value is -3.13. The largest absolute Gasteiger partial charge is 0.331 e. The van der Waals surface area contributed by atoms with Gasteiger partial charge in [-0.05, 0) is 49.2 Å². The molecule has 0 spiro atoms. The minimum atomic E-state index is -0.232. The van der Waals surface area contributed by atoms with E-state index in [9.17, 15) is 4.79 Å². The van der Waals surface area contributed by atoms with Crippen LogP contribution in [0, 0.1) is 11.3 Å². The number of benzene rings is 2. The van der Waals surface area contributed by atoms with E-state index in [0.717, 1.165) is 16.9 Å². The zero-order valence-corrected chi connectivity index (χ0v) is 13.3. The molecule has 1 aromatic heterocycles. The van der Waals surface area contributed by atoms with Crippen LogP contribution in [-0.4, -0.2) is 15.5 Å². The van der Waals surface area contributed by atoms with Gasteiger partial charge in [0.15, 0.2) is 0 Å². The zero-order chi connectivity index (χ0) is 16.7. The molecule has 0 saturated heterocycles. The van der Waals surface area contributed by atoms with Crippen LogP contribution in [-0.2, 0) is 7.05 Å². The lowest BCUT2D eigenvalue weighted by molar-refractivity contribution is 0.102. The molecular weight excluding hydrogens is 300 g/mol. The van der Waals surface area contributed by atoms with E-state index < -0.39 is 0 Å². The van der Waals surface area contributed by atoms with Gasteiger partial charge in [0.05, 0.1) is 22.7 Å². The molecule has 0 radical (unpaired) electrons. The van der Waals surface area contributed by atoms with Crippen LogP contribution in [0.25, 0.3) is 11.0 Å². The molecule has 24 heavy (non-hydrogen) atoms. The maximum atomic E-state index is 12.4. The number of hydrogen-bond donors (Lipinski definition) is 1. The van der Waals surface area contributed by atoms with Crippen molar-refractivity contribution < 1.29 is 4.79 Å². The van der Waals surface area contributed by atoms with Crippen LogP contribution in [0.2, 0.25) is 0 Å². The number of fused-ring (bicyclic) bond motifs is 1. The van der Waals surface area contributed by atoms with Gasteiger partial charge in [0.1, 0.15) is 5.82 Å². The highest BCUT2D eigenvalue weighted by Gasteiger charge is 2.28. The number of anilines is 1. The molecule has 3 aromatic rings. The summed E-state index contributed by atoms with van der Waals surface area (Å²) in [5.41, 5.74) is 3.60. The Morgan fingerprint density at radius 3 is 2.88 bits per heavy atom. The average Bonchev–Trinajstić information content (AvgIpc) is 3.39. The number of carbonyl (C=O) groups is 1. The van der Waals surface area contributed by atoms with Crippen LogP contribution in [0.4, 0.5) is 5.69 Å². The minimum absolute atomic E-state index is 0.232. The number of nitrogens with one attached hydrogen (secondary N) is 1. The van der Waals surface area contributed by atoms with E-state index in [4.69, 9.17) is 10.2 Å². The van der Waals surface area contributed by atoms with Gasteiger partial charge >= 0.3 is 0 Å². The van der Waals surface area contributed by atoms with Crippen molar-refractivity contribution >= 4 is 22.6 Å². The number of nitriles is 1. The second kappa shape index (κ2) is 5.50. The summed E-state index contributed by atoms with van der Waals surface area (Å²) in [5.74, 6) is 1.47. The first kappa shape index (κ1) is 14.5. The van der Waals surface area contributed by atoms with Gasteiger partial charge in [-0.1, -0.05) is 6.07 Å². The molecule has 1 saturated carbocycles. The van der Waals surface area contributed by atoms with Gasteiger partial charge < -0.3 is 9.88 Å². The van der Waals surface area contributed by atoms with Crippen LogP contribution in [0.5, 0.6) is 0 Å². The predicted molar refractivity (Wildman–Crippen MR) is 91.8 cm³/mol. The van der Waals surface area contributed by atoms with Gasteiger partial charge in [-0.2, -0.15) is 5.26 Å². The first-order valence-electron chi connectivity index (χ1n) is 7.93. The fourth-order valence-corrected chi connectivity index (χ4v) is 2.94. The number of aryl methyl sites for hydroxylation is 1. The van der Waals surface area contributed by atoms with E-state index in [-0.39, 0.29) is 5.91 Å². The molecule has 1 N–H and O–H groups in total. The molecule has 0 unspecified atom stereocenters. The number of nitrogens with zero attached hydrogens (tertiary/aromatic N) is 3. The standard InChI is InChI=1S/C19H16N4O/c1-23-17-8-7-15(10-16(17)22-18(23)13-5-6-13)21-19(24)14-4-2-3-12(9-14)11-20/h2-4,7-10,13H,5-6H2,1H3,(H,21,24). The van der Waals surface area contributed by atoms with E-state index in [0.29, 0.717) is 22.7 Å². The molecule has 5 nitrogen and oxygen atoms in total. The Bertz CT molecular complexity index is 992. The average molecular weight is 316 g/mol. The summed E-state index contributed by atoms with van der Waals surface area (Å²) in [6.07, 6.45) is 2.41. The fourth-order valence-electron chi connectivity index (χ4n) is 2.94. The zero-order valence-electron chi connectivity index (χ0n) is 13.3. The van der Waals surface area contributed by atoms with Gasteiger partial charge in [-0.3, -0.25) is 4.79 Å². The Kier molecular flexibility index (Phi) is 3.31. The van der Waals surface area contributed by atoms with E-state index in [1.807, 2.05) is 31.3 Å². The SMILES string of the molecule is Cn1c(C2CC2)nc2cc(NC(=O)c3cccc(C#N)c3)ccc21. The van der Waals surface area contributed by atoms with E-state index >= 15 is 0 Å². The van der Waals surface area contributed by atoms with Gasteiger partial charge in [0, 0.05) is 24.2 Å². The number of amides is 1. The van der Waals surface area contributed by atoms with Crippen molar-refractivity contribution in [1.29, 1.82) is 5.26 Å². The molecule has 1 fully saturated rings. The Balaban J connectivity index is 1.62. The normalized spacial score (nSPS) is 13.7. The number of imidazole rings is 1. The summed E-state index contributed by atoms with van der Waals surface area (Å²) in [6.45, 7) is 0. The molecule has 1 heterocycles. The lowest BCUT2D eigenvalue weighted by Gasteiger charge is -2.06. The Labute approximate surface area is 139 Å². The molecule has 1 aliphatic carbocycles. The maximum Gasteiger partial charge on any atom is 0.255 e. The third-order valence-electron chi connectivity index (χ3n) is 4.37. The second-order valence-corrected chi connectivity index (χ2v) is 6.15. The van der Waals surface area contributed by atoms with Crippen molar-refractivity contribution in [1.82, 2.24) is 9.55 Å². The van der Waals surface area contributed by atoms with Crippen molar-refractivity contribution in [3.63, 3.8) is 0 Å². The fraction of sp³-hybridized carbons (Fsp3) is 0.211. The quantitative estimate of drug-likeness (QED) is 0.803. The summed E-state index contributed by atoms with van der Waals surface area (Å²) in [6, 6.07) is 14.5. The minimum Gasteiger partial charge on any atom is -0.331 e. The smallest absolute Gasteiger partial charge is 0.255 e. The first-order chi connectivity index (χ1) is 11.7. The molecule has 5 heteroatoms. The lowest BCUT2D eigenvalue weighted by Crippen LogP contribution is -2.11. The number of carbonyl (C=O) groups excluding carboxylic acids is 1. The molecule has 2 aromatic carbocycles. The molecule has 1 amide bonds. The lowest BCUT2D eigenvalue weighted by atomic mass is 10.1.